The molecule has 1 spiro atoms. The first-order valence-corrected chi connectivity index (χ1v) is 7.69. The Morgan fingerprint density at radius 1 is 1.33 bits per heavy atom. The fourth-order valence-electron chi connectivity index (χ4n) is 3.24. The van der Waals surface area contributed by atoms with Crippen molar-refractivity contribution >= 4 is 27.8 Å². The lowest BCUT2D eigenvalue weighted by Crippen LogP contribution is -2.40. The zero-order valence-electron chi connectivity index (χ0n) is 11.3. The van der Waals surface area contributed by atoms with Gasteiger partial charge in [0.15, 0.2) is 0 Å². The number of rotatable bonds is 2. The van der Waals surface area contributed by atoms with Crippen LogP contribution in [0.1, 0.15) is 29.6 Å². The molecule has 0 aromatic heterocycles. The zero-order chi connectivity index (χ0) is 15.2. The molecule has 0 bridgehead atoms. The number of nitrogens with zero attached hydrogens (tertiary/aromatic N) is 1. The Bertz CT molecular complexity index is 611. The molecule has 2 fully saturated rings. The molecule has 2 aliphatic rings. The third-order valence-electron chi connectivity index (χ3n) is 4.69. The van der Waals surface area contributed by atoms with Gasteiger partial charge in [0.25, 0.3) is 5.91 Å². The van der Waals surface area contributed by atoms with E-state index in [1.807, 2.05) is 0 Å². The summed E-state index contributed by atoms with van der Waals surface area (Å²) in [5.74, 6) is -1.86. The number of halogens is 2. The van der Waals surface area contributed by atoms with E-state index in [0.29, 0.717) is 36.8 Å². The van der Waals surface area contributed by atoms with Crippen LogP contribution in [0.3, 0.4) is 0 Å². The fourth-order valence-corrected chi connectivity index (χ4v) is 3.60. The third kappa shape index (κ3) is 2.57. The Hall–Kier alpha value is -1.43. The fraction of sp³-hybridized carbons (Fsp3) is 0.467. The van der Waals surface area contributed by atoms with Gasteiger partial charge in [-0.2, -0.15) is 0 Å². The molecule has 0 radical (unpaired) electrons. The molecule has 1 heterocycles. The molecule has 4 nitrogen and oxygen atoms in total. The van der Waals surface area contributed by atoms with Gasteiger partial charge in [0.1, 0.15) is 5.82 Å². The van der Waals surface area contributed by atoms with Gasteiger partial charge < -0.3 is 10.0 Å². The molecule has 1 aliphatic heterocycles. The molecule has 1 saturated heterocycles. The highest BCUT2D eigenvalue weighted by atomic mass is 79.9. The molecule has 6 heteroatoms. The first kappa shape index (κ1) is 14.5. The summed E-state index contributed by atoms with van der Waals surface area (Å²) in [5.41, 5.74) is -0.0655. The topological polar surface area (TPSA) is 57.6 Å². The summed E-state index contributed by atoms with van der Waals surface area (Å²) in [4.78, 5) is 25.0. The minimum Gasteiger partial charge on any atom is -0.481 e. The largest absolute Gasteiger partial charge is 0.481 e. The highest BCUT2D eigenvalue weighted by Crippen LogP contribution is 2.59. The van der Waals surface area contributed by atoms with Crippen LogP contribution in [0.15, 0.2) is 22.7 Å². The first-order valence-electron chi connectivity index (χ1n) is 6.90. The van der Waals surface area contributed by atoms with Crippen LogP contribution in [0.5, 0.6) is 0 Å². The summed E-state index contributed by atoms with van der Waals surface area (Å²) < 4.78 is 14.4. The Morgan fingerprint density at radius 2 is 2.00 bits per heavy atom. The highest BCUT2D eigenvalue weighted by Gasteiger charge is 2.59. The predicted octanol–water partition coefficient (Wildman–Crippen LogP) is 2.92. The van der Waals surface area contributed by atoms with E-state index in [1.165, 1.54) is 12.1 Å². The molecule has 1 aromatic carbocycles. The molecule has 1 N–H and O–H groups in total. The lowest BCUT2D eigenvalue weighted by Gasteiger charge is -2.32. The molecule has 21 heavy (non-hydrogen) atoms. The van der Waals surface area contributed by atoms with Crippen LogP contribution in [-0.2, 0) is 4.79 Å². The van der Waals surface area contributed by atoms with E-state index < -0.39 is 11.8 Å². The van der Waals surface area contributed by atoms with Gasteiger partial charge in [0.2, 0.25) is 0 Å². The van der Waals surface area contributed by atoms with Crippen molar-refractivity contribution in [3.63, 3.8) is 0 Å². The van der Waals surface area contributed by atoms with Crippen LogP contribution >= 0.6 is 15.9 Å². The van der Waals surface area contributed by atoms with E-state index >= 15 is 0 Å². The van der Waals surface area contributed by atoms with Gasteiger partial charge in [-0.15, -0.1) is 0 Å². The normalized spacial score (nSPS) is 23.1. The zero-order valence-corrected chi connectivity index (χ0v) is 12.9. The number of hydrogen-bond acceptors (Lipinski definition) is 2. The van der Waals surface area contributed by atoms with Gasteiger partial charge in [-0.1, -0.05) is 15.9 Å². The van der Waals surface area contributed by atoms with E-state index in [9.17, 15) is 14.0 Å². The number of aliphatic carboxylic acids is 1. The average molecular weight is 356 g/mol. The Morgan fingerprint density at radius 3 is 2.57 bits per heavy atom. The monoisotopic (exact) mass is 355 g/mol. The predicted molar refractivity (Wildman–Crippen MR) is 77.4 cm³/mol. The van der Waals surface area contributed by atoms with E-state index in [0.717, 1.165) is 0 Å². The Kier molecular flexibility index (Phi) is 3.51. The van der Waals surface area contributed by atoms with Crippen molar-refractivity contribution in [3.05, 3.63) is 34.1 Å². The number of hydrogen-bond donors (Lipinski definition) is 1. The smallest absolute Gasteiger partial charge is 0.307 e. The number of likely N-dealkylation sites (tertiary alicyclic amines) is 1. The van der Waals surface area contributed by atoms with E-state index in [1.54, 1.807) is 11.0 Å². The molecular weight excluding hydrogens is 341 g/mol. The van der Waals surface area contributed by atoms with E-state index in [-0.39, 0.29) is 22.8 Å². The molecule has 3 rings (SSSR count). The quantitative estimate of drug-likeness (QED) is 0.887. The number of carbonyl (C=O) groups excluding carboxylic acids is 1. The molecule has 1 amide bonds. The second kappa shape index (κ2) is 5.09. The van der Waals surface area contributed by atoms with Crippen LogP contribution < -0.4 is 0 Å². The van der Waals surface area contributed by atoms with E-state index in [4.69, 9.17) is 5.11 Å². The van der Waals surface area contributed by atoms with Crippen LogP contribution in [0, 0.1) is 17.2 Å². The summed E-state index contributed by atoms with van der Waals surface area (Å²) in [7, 11) is 0. The van der Waals surface area contributed by atoms with Crippen LogP contribution in [0.4, 0.5) is 4.39 Å². The molecule has 1 aliphatic carbocycles. The van der Waals surface area contributed by atoms with Crippen molar-refractivity contribution in [1.82, 2.24) is 4.90 Å². The number of amides is 1. The van der Waals surface area contributed by atoms with Crippen LogP contribution in [-0.4, -0.2) is 35.0 Å². The summed E-state index contributed by atoms with van der Waals surface area (Å²) in [6, 6.07) is 4.31. The summed E-state index contributed by atoms with van der Waals surface area (Å²) in [5, 5.41) is 9.06. The standard InChI is InChI=1S/C15H15BrFNO3/c16-9-1-2-12(17)10(7-9)13(19)18-5-3-15(4-6-18)8-11(15)14(20)21/h1-2,7,11H,3-6,8H2,(H,20,21). The van der Waals surface area contributed by atoms with Crippen molar-refractivity contribution in [2.24, 2.45) is 11.3 Å². The van der Waals surface area contributed by atoms with Crippen molar-refractivity contribution < 1.29 is 19.1 Å². The summed E-state index contributed by atoms with van der Waals surface area (Å²) in [6.07, 6.45) is 2.08. The number of carbonyl (C=O) groups is 2. The van der Waals surface area contributed by atoms with Crippen molar-refractivity contribution in [3.8, 4) is 0 Å². The van der Waals surface area contributed by atoms with Gasteiger partial charge >= 0.3 is 5.97 Å². The SMILES string of the molecule is O=C(O)C1CC12CCN(C(=O)c1cc(Br)ccc1F)CC2. The van der Waals surface area contributed by atoms with Gasteiger partial charge in [-0.05, 0) is 42.9 Å². The van der Waals surface area contributed by atoms with Crippen LogP contribution in [0.25, 0.3) is 0 Å². The van der Waals surface area contributed by atoms with Crippen molar-refractivity contribution in [2.45, 2.75) is 19.3 Å². The van der Waals surface area contributed by atoms with Crippen molar-refractivity contribution in [2.75, 3.05) is 13.1 Å². The number of carboxylic acids is 1. The Labute approximate surface area is 130 Å². The number of piperidine rings is 1. The molecule has 112 valence electrons. The van der Waals surface area contributed by atoms with Crippen LogP contribution in [0.2, 0.25) is 0 Å². The maximum Gasteiger partial charge on any atom is 0.307 e. The third-order valence-corrected chi connectivity index (χ3v) is 5.19. The van der Waals surface area contributed by atoms with Gasteiger partial charge in [0.05, 0.1) is 11.5 Å². The first-order chi connectivity index (χ1) is 9.93. The van der Waals surface area contributed by atoms with Gasteiger partial charge in [0, 0.05) is 17.6 Å². The highest BCUT2D eigenvalue weighted by molar-refractivity contribution is 9.10. The maximum atomic E-state index is 13.8. The van der Waals surface area contributed by atoms with E-state index in [2.05, 4.69) is 15.9 Å². The second-order valence-corrected chi connectivity index (χ2v) is 6.79. The molecular formula is C15H15BrFNO3. The van der Waals surface area contributed by atoms with Gasteiger partial charge in [-0.3, -0.25) is 9.59 Å². The molecule has 1 atom stereocenters. The average Bonchev–Trinajstić information content (AvgIpc) is 3.16. The molecule has 1 unspecified atom stereocenters. The Balaban J connectivity index is 1.69. The summed E-state index contributed by atoms with van der Waals surface area (Å²) >= 11 is 3.24. The lowest BCUT2D eigenvalue weighted by atomic mass is 9.90. The van der Waals surface area contributed by atoms with Gasteiger partial charge in [-0.25, -0.2) is 4.39 Å². The lowest BCUT2D eigenvalue weighted by molar-refractivity contribution is -0.139. The summed E-state index contributed by atoms with van der Waals surface area (Å²) in [6.45, 7) is 0.989. The molecule has 1 aromatic rings. The number of carboxylic acid groups (broad SMARTS) is 1. The van der Waals surface area contributed by atoms with Crippen molar-refractivity contribution in [1.29, 1.82) is 0 Å². The maximum absolute atomic E-state index is 13.8. The number of benzene rings is 1. The molecule has 1 saturated carbocycles. The second-order valence-electron chi connectivity index (χ2n) is 5.87. The minimum atomic E-state index is -0.743. The minimum absolute atomic E-state index is 0.0610.